The predicted molar refractivity (Wildman–Crippen MR) is 188 cm³/mol. The standard InChI is InChI=1S/C37H46N4O5S/c1-6-25(24-42)41-32-35(45)40(27-14-12-26(13-15-27)38(7-2)8-3)23-11-21-37(32)31(34(41)44)30-33(43)39(22-10-20-36(30,5)47-37)28-16-18-29(19-17-28)46-9-4/h10-21,25,30-32,42H,6-9,22-24H2,1-5H3/t25-,30+,31-,32?,36-,37-/m0/s1. The summed E-state index contributed by atoms with van der Waals surface area (Å²) < 4.78 is 3.90. The summed E-state index contributed by atoms with van der Waals surface area (Å²) in [4.78, 5) is 51.7. The highest BCUT2D eigenvalue weighted by Gasteiger charge is 2.74. The van der Waals surface area contributed by atoms with Crippen molar-refractivity contribution in [3.63, 3.8) is 0 Å². The molecule has 250 valence electrons. The lowest BCUT2D eigenvalue weighted by Gasteiger charge is -2.39. The van der Waals surface area contributed by atoms with E-state index in [1.165, 1.54) is 0 Å². The van der Waals surface area contributed by atoms with Crippen LogP contribution in [0.5, 0.6) is 5.75 Å². The summed E-state index contributed by atoms with van der Waals surface area (Å²) >= 11 is 1.56. The van der Waals surface area contributed by atoms with Gasteiger partial charge in [0.15, 0.2) is 0 Å². The number of rotatable bonds is 10. The molecule has 0 aromatic heterocycles. The van der Waals surface area contributed by atoms with Crippen molar-refractivity contribution in [3.05, 3.63) is 72.8 Å². The second-order valence-electron chi connectivity index (χ2n) is 12.8. The molecular formula is C37H46N4O5S. The van der Waals surface area contributed by atoms with Gasteiger partial charge in [-0.3, -0.25) is 14.4 Å². The average molecular weight is 659 g/mol. The maximum absolute atomic E-state index is 14.9. The Labute approximate surface area is 282 Å². The molecule has 1 unspecified atom stereocenters. The van der Waals surface area contributed by atoms with Crippen molar-refractivity contribution < 1.29 is 24.2 Å². The van der Waals surface area contributed by atoms with Crippen molar-refractivity contribution in [1.29, 1.82) is 0 Å². The number of aliphatic hydroxyl groups excluding tert-OH is 1. The highest BCUT2D eigenvalue weighted by molar-refractivity contribution is 8.02. The number of anilines is 3. The number of ether oxygens (including phenoxy) is 1. The summed E-state index contributed by atoms with van der Waals surface area (Å²) in [7, 11) is 0. The minimum absolute atomic E-state index is 0.143. The molecule has 0 radical (unpaired) electrons. The number of likely N-dealkylation sites (tertiary alicyclic amines) is 1. The van der Waals surface area contributed by atoms with Gasteiger partial charge in [-0.1, -0.05) is 31.2 Å². The van der Waals surface area contributed by atoms with Crippen LogP contribution in [0.1, 0.15) is 41.0 Å². The lowest BCUT2D eigenvalue weighted by atomic mass is 9.74. The molecule has 1 spiro atoms. The first-order valence-electron chi connectivity index (χ1n) is 16.9. The van der Waals surface area contributed by atoms with Crippen LogP contribution < -0.4 is 19.4 Å². The molecule has 2 aromatic carbocycles. The smallest absolute Gasteiger partial charge is 0.251 e. The van der Waals surface area contributed by atoms with E-state index >= 15 is 0 Å². The number of carbonyl (C=O) groups excluding carboxylic acids is 3. The fraction of sp³-hybridized carbons (Fsp3) is 0.486. The van der Waals surface area contributed by atoms with Crippen molar-refractivity contribution in [3.8, 4) is 5.75 Å². The zero-order valence-electron chi connectivity index (χ0n) is 28.0. The molecular weight excluding hydrogens is 612 g/mol. The van der Waals surface area contributed by atoms with Gasteiger partial charge < -0.3 is 29.4 Å². The van der Waals surface area contributed by atoms with Gasteiger partial charge in [0.2, 0.25) is 11.8 Å². The minimum atomic E-state index is -0.992. The van der Waals surface area contributed by atoms with Crippen molar-refractivity contribution in [2.75, 3.05) is 54.1 Å². The molecule has 0 bridgehead atoms. The van der Waals surface area contributed by atoms with Crippen LogP contribution in [0.3, 0.4) is 0 Å². The van der Waals surface area contributed by atoms with Gasteiger partial charge in [0.1, 0.15) is 11.8 Å². The molecule has 47 heavy (non-hydrogen) atoms. The van der Waals surface area contributed by atoms with Gasteiger partial charge in [-0.05, 0) is 82.6 Å². The van der Waals surface area contributed by atoms with E-state index in [-0.39, 0.29) is 24.3 Å². The third-order valence-electron chi connectivity index (χ3n) is 10.3. The summed E-state index contributed by atoms with van der Waals surface area (Å²) in [6, 6.07) is 14.0. The number of carbonyl (C=O) groups is 3. The van der Waals surface area contributed by atoms with Crippen LogP contribution in [-0.2, 0) is 14.4 Å². The van der Waals surface area contributed by atoms with E-state index in [2.05, 4.69) is 24.8 Å². The molecule has 10 heteroatoms. The van der Waals surface area contributed by atoms with Crippen LogP contribution >= 0.6 is 11.8 Å². The fourth-order valence-electron chi connectivity index (χ4n) is 8.05. The number of nitrogens with zero attached hydrogens (tertiary/aromatic N) is 4. The lowest BCUT2D eigenvalue weighted by Crippen LogP contribution is -2.56. The third kappa shape index (κ3) is 5.33. The summed E-state index contributed by atoms with van der Waals surface area (Å²) in [5, 5.41) is 10.5. The first-order valence-corrected chi connectivity index (χ1v) is 17.7. The summed E-state index contributed by atoms with van der Waals surface area (Å²) in [6.45, 7) is 12.9. The Morgan fingerprint density at radius 2 is 1.45 bits per heavy atom. The number of hydrogen-bond acceptors (Lipinski definition) is 7. The van der Waals surface area contributed by atoms with E-state index in [4.69, 9.17) is 4.74 Å². The van der Waals surface area contributed by atoms with Crippen LogP contribution in [0.25, 0.3) is 0 Å². The largest absolute Gasteiger partial charge is 0.494 e. The zero-order valence-corrected chi connectivity index (χ0v) is 28.8. The highest BCUT2D eigenvalue weighted by atomic mass is 32.2. The molecule has 4 heterocycles. The maximum atomic E-state index is 14.9. The monoisotopic (exact) mass is 658 g/mol. The topological polar surface area (TPSA) is 93.6 Å². The summed E-state index contributed by atoms with van der Waals surface area (Å²) in [5.41, 5.74) is 2.56. The Morgan fingerprint density at radius 1 is 0.851 bits per heavy atom. The lowest BCUT2D eigenvalue weighted by molar-refractivity contribution is -0.142. The number of benzene rings is 2. The quantitative estimate of drug-likeness (QED) is 0.364. The molecule has 0 saturated carbocycles. The van der Waals surface area contributed by atoms with E-state index in [0.717, 1.165) is 35.9 Å². The zero-order chi connectivity index (χ0) is 33.5. The first-order chi connectivity index (χ1) is 22.7. The Balaban J connectivity index is 1.42. The Hall–Kier alpha value is -3.76. The first kappa shape index (κ1) is 33.2. The maximum Gasteiger partial charge on any atom is 0.251 e. The summed E-state index contributed by atoms with van der Waals surface area (Å²) in [5.74, 6) is -1.36. The second kappa shape index (κ2) is 13.0. The van der Waals surface area contributed by atoms with Crippen LogP contribution in [-0.4, -0.2) is 88.7 Å². The number of fused-ring (bicyclic) bond motifs is 2. The molecule has 2 saturated heterocycles. The molecule has 2 aromatic rings. The number of thioether (sulfide) groups is 1. The van der Waals surface area contributed by atoms with Crippen LogP contribution in [0.4, 0.5) is 17.1 Å². The fourth-order valence-corrected chi connectivity index (χ4v) is 10.2. The highest BCUT2D eigenvalue weighted by Crippen LogP contribution is 2.66. The van der Waals surface area contributed by atoms with Crippen LogP contribution in [0.15, 0.2) is 72.8 Å². The molecule has 6 rings (SSSR count). The van der Waals surface area contributed by atoms with Gasteiger partial charge in [0.05, 0.1) is 35.8 Å². The van der Waals surface area contributed by atoms with Gasteiger partial charge in [0.25, 0.3) is 5.91 Å². The SMILES string of the molecule is CCOc1ccc(N2CC=C[C@]3(C)S[C@]45C=CCN(c6ccc(N(CC)CC)cc6)C(=O)C4N([C@@H](CC)CO)C(=O)[C@@H]5[C@@H]3C2=O)cc1. The average Bonchev–Trinajstić information content (AvgIpc) is 3.34. The van der Waals surface area contributed by atoms with Gasteiger partial charge in [-0.2, -0.15) is 0 Å². The molecule has 0 aliphatic carbocycles. The van der Waals surface area contributed by atoms with Gasteiger partial charge in [-0.25, -0.2) is 0 Å². The normalized spacial score (nSPS) is 28.9. The minimum Gasteiger partial charge on any atom is -0.494 e. The predicted octanol–water partition coefficient (Wildman–Crippen LogP) is 4.90. The van der Waals surface area contributed by atoms with Crippen molar-refractivity contribution in [1.82, 2.24) is 4.90 Å². The van der Waals surface area contributed by atoms with Crippen molar-refractivity contribution in [2.45, 2.75) is 62.6 Å². The number of hydrogen-bond donors (Lipinski definition) is 1. The number of aliphatic hydroxyl groups is 1. The van der Waals surface area contributed by atoms with Crippen LogP contribution in [0.2, 0.25) is 0 Å². The van der Waals surface area contributed by atoms with Gasteiger partial charge in [0, 0.05) is 48.0 Å². The van der Waals surface area contributed by atoms with E-state index < -0.39 is 33.4 Å². The van der Waals surface area contributed by atoms with Gasteiger partial charge >= 0.3 is 0 Å². The van der Waals surface area contributed by atoms with E-state index in [0.29, 0.717) is 26.1 Å². The van der Waals surface area contributed by atoms with Crippen LogP contribution in [0, 0.1) is 11.8 Å². The van der Waals surface area contributed by atoms with E-state index in [1.54, 1.807) is 26.5 Å². The number of amides is 3. The third-order valence-corrected chi connectivity index (χ3v) is 12.1. The van der Waals surface area contributed by atoms with Crippen molar-refractivity contribution >= 4 is 46.5 Å². The molecule has 9 nitrogen and oxygen atoms in total. The Bertz CT molecular complexity index is 1550. The Morgan fingerprint density at radius 3 is 2.02 bits per heavy atom. The molecule has 3 amide bonds. The molecule has 4 aliphatic rings. The Kier molecular flexibility index (Phi) is 9.19. The molecule has 2 fully saturated rings. The molecule has 4 aliphatic heterocycles. The second-order valence-corrected chi connectivity index (χ2v) is 14.6. The van der Waals surface area contributed by atoms with Crippen molar-refractivity contribution in [2.24, 2.45) is 11.8 Å². The summed E-state index contributed by atoms with van der Waals surface area (Å²) in [6.07, 6.45) is 8.56. The van der Waals surface area contributed by atoms with E-state index in [9.17, 15) is 19.5 Å². The van der Waals surface area contributed by atoms with E-state index in [1.807, 2.05) is 87.5 Å². The molecule has 6 atom stereocenters. The van der Waals surface area contributed by atoms with Gasteiger partial charge in [-0.15, -0.1) is 11.8 Å². The molecule has 1 N–H and O–H groups in total.